The highest BCUT2D eigenvalue weighted by molar-refractivity contribution is 6.31. The number of carbonyl (C=O) groups is 1. The Kier molecular flexibility index (Phi) is 5.36. The predicted molar refractivity (Wildman–Crippen MR) is 101 cm³/mol. The highest BCUT2D eigenvalue weighted by Crippen LogP contribution is 2.18. The molecule has 0 radical (unpaired) electrons. The summed E-state index contributed by atoms with van der Waals surface area (Å²) in [4.78, 5) is 38.4. The fraction of sp³-hybridized carbons (Fsp3) is 0.389. The molecule has 2 aromatic rings. The largest absolute Gasteiger partial charge is 0.366 e. The van der Waals surface area contributed by atoms with Crippen LogP contribution in [0.4, 0.5) is 10.1 Å². The molecule has 0 atom stereocenters. The Balaban J connectivity index is 1.67. The Labute approximate surface area is 160 Å². The van der Waals surface area contributed by atoms with Crippen LogP contribution >= 0.6 is 11.6 Å². The summed E-state index contributed by atoms with van der Waals surface area (Å²) in [5.41, 5.74) is -0.0784. The van der Waals surface area contributed by atoms with Gasteiger partial charge in [0.2, 0.25) is 0 Å². The normalized spacial score (nSPS) is 15.0. The van der Waals surface area contributed by atoms with Crippen LogP contribution in [0.1, 0.15) is 23.2 Å². The van der Waals surface area contributed by atoms with Gasteiger partial charge in [-0.2, -0.15) is 0 Å². The average Bonchev–Trinajstić information content (AvgIpc) is 2.63. The number of nitrogens with zero attached hydrogens (tertiary/aromatic N) is 3. The average molecular weight is 395 g/mol. The summed E-state index contributed by atoms with van der Waals surface area (Å²) in [6, 6.07) is 3.62. The van der Waals surface area contributed by atoms with Crippen LogP contribution in [0.15, 0.2) is 34.0 Å². The first kappa shape index (κ1) is 19.2. The minimum absolute atomic E-state index is 0.0906. The fourth-order valence-corrected chi connectivity index (χ4v) is 3.45. The van der Waals surface area contributed by atoms with Crippen LogP contribution in [0.5, 0.6) is 0 Å². The summed E-state index contributed by atoms with van der Waals surface area (Å²) in [7, 11) is 3.05. The van der Waals surface area contributed by atoms with Crippen molar-refractivity contribution in [3.8, 4) is 0 Å². The van der Waals surface area contributed by atoms with Gasteiger partial charge in [-0.1, -0.05) is 11.6 Å². The Bertz CT molecular complexity index is 973. The van der Waals surface area contributed by atoms with E-state index in [-0.39, 0.29) is 33.8 Å². The number of halogens is 2. The molecule has 0 spiro atoms. The summed E-state index contributed by atoms with van der Waals surface area (Å²) in [6.45, 7) is 1.12. The second-order valence-corrected chi connectivity index (χ2v) is 7.10. The number of rotatable bonds is 3. The molecule has 1 amide bonds. The lowest BCUT2D eigenvalue weighted by atomic mass is 10.0. The molecule has 1 aliphatic rings. The molecule has 144 valence electrons. The Hall–Kier alpha value is -2.61. The molecule has 27 heavy (non-hydrogen) atoms. The van der Waals surface area contributed by atoms with Crippen molar-refractivity contribution >= 4 is 23.2 Å². The zero-order chi connectivity index (χ0) is 19.7. The zero-order valence-corrected chi connectivity index (χ0v) is 15.8. The number of benzene rings is 1. The van der Waals surface area contributed by atoms with Crippen molar-refractivity contribution in [2.24, 2.45) is 14.1 Å². The van der Waals surface area contributed by atoms with Gasteiger partial charge in [-0.3, -0.25) is 14.2 Å². The number of aryl methyl sites for hydroxylation is 1. The van der Waals surface area contributed by atoms with Crippen LogP contribution in [0.25, 0.3) is 0 Å². The maximum Gasteiger partial charge on any atom is 0.330 e. The third-order valence-electron chi connectivity index (χ3n) is 4.72. The summed E-state index contributed by atoms with van der Waals surface area (Å²) < 4.78 is 15.9. The molecule has 1 aromatic carbocycles. The smallest absolute Gasteiger partial charge is 0.330 e. The van der Waals surface area contributed by atoms with E-state index in [4.69, 9.17) is 11.6 Å². The standard InChI is InChI=1S/C18H20ClFN4O3/c1-22-10-15(17(26)23(2)18(22)27)24-5-3-14(4-6-24)21-16(25)11-7-12(19)9-13(20)8-11/h7-10,14H,3-6H2,1-2H3,(H,21,25). The topological polar surface area (TPSA) is 76.3 Å². The lowest BCUT2D eigenvalue weighted by Gasteiger charge is -2.33. The first-order valence-electron chi connectivity index (χ1n) is 8.55. The first-order chi connectivity index (χ1) is 12.8. The number of nitrogens with one attached hydrogen (secondary N) is 1. The van der Waals surface area contributed by atoms with Crippen LogP contribution in [0.2, 0.25) is 5.02 Å². The number of carbonyl (C=O) groups excluding carboxylic acids is 1. The van der Waals surface area contributed by atoms with Gasteiger partial charge < -0.3 is 14.8 Å². The second-order valence-electron chi connectivity index (χ2n) is 6.66. The molecule has 0 aliphatic carbocycles. The van der Waals surface area contributed by atoms with Crippen LogP contribution in [0, 0.1) is 5.82 Å². The Morgan fingerprint density at radius 1 is 1.19 bits per heavy atom. The van der Waals surface area contributed by atoms with Gasteiger partial charge in [0.05, 0.1) is 0 Å². The van der Waals surface area contributed by atoms with Gasteiger partial charge in [-0.15, -0.1) is 0 Å². The van der Waals surface area contributed by atoms with Gasteiger partial charge in [-0.05, 0) is 31.0 Å². The minimum atomic E-state index is -0.562. The Morgan fingerprint density at radius 3 is 2.48 bits per heavy atom. The second kappa shape index (κ2) is 7.56. The highest BCUT2D eigenvalue weighted by atomic mass is 35.5. The molecule has 1 saturated heterocycles. The molecule has 7 nitrogen and oxygen atoms in total. The van der Waals surface area contributed by atoms with Crippen molar-refractivity contribution in [2.75, 3.05) is 18.0 Å². The van der Waals surface area contributed by atoms with Gasteiger partial charge in [0, 0.05) is 50.0 Å². The van der Waals surface area contributed by atoms with E-state index in [9.17, 15) is 18.8 Å². The lowest BCUT2D eigenvalue weighted by molar-refractivity contribution is 0.0930. The minimum Gasteiger partial charge on any atom is -0.366 e. The van der Waals surface area contributed by atoms with Crippen LogP contribution in [-0.4, -0.2) is 34.2 Å². The van der Waals surface area contributed by atoms with E-state index in [0.29, 0.717) is 31.6 Å². The van der Waals surface area contributed by atoms with E-state index in [1.165, 1.54) is 23.9 Å². The van der Waals surface area contributed by atoms with Crippen molar-refractivity contribution in [2.45, 2.75) is 18.9 Å². The van der Waals surface area contributed by atoms with Gasteiger partial charge in [-0.25, -0.2) is 9.18 Å². The Morgan fingerprint density at radius 2 is 1.85 bits per heavy atom. The molecule has 1 aliphatic heterocycles. The van der Waals surface area contributed by atoms with Crippen molar-refractivity contribution in [3.63, 3.8) is 0 Å². The van der Waals surface area contributed by atoms with E-state index in [0.717, 1.165) is 16.7 Å². The number of hydrogen-bond acceptors (Lipinski definition) is 4. The number of aromatic nitrogens is 2. The van der Waals surface area contributed by atoms with Crippen molar-refractivity contribution in [1.82, 2.24) is 14.5 Å². The third-order valence-corrected chi connectivity index (χ3v) is 4.94. The maximum atomic E-state index is 13.4. The molecular formula is C18H20ClFN4O3. The number of amides is 1. The summed E-state index contributed by atoms with van der Waals surface area (Å²) >= 11 is 5.79. The van der Waals surface area contributed by atoms with Crippen LogP contribution in [-0.2, 0) is 14.1 Å². The van der Waals surface area contributed by atoms with Gasteiger partial charge in [0.15, 0.2) is 0 Å². The maximum absolute atomic E-state index is 13.4. The molecule has 1 N–H and O–H groups in total. The molecule has 9 heteroatoms. The molecule has 1 aromatic heterocycles. The molecule has 1 fully saturated rings. The van der Waals surface area contributed by atoms with E-state index in [1.807, 2.05) is 4.90 Å². The number of piperidine rings is 1. The molecule has 0 saturated carbocycles. The van der Waals surface area contributed by atoms with Gasteiger partial charge in [0.1, 0.15) is 11.5 Å². The van der Waals surface area contributed by atoms with E-state index < -0.39 is 5.82 Å². The molecular weight excluding hydrogens is 375 g/mol. The van der Waals surface area contributed by atoms with E-state index in [1.54, 1.807) is 7.05 Å². The number of anilines is 1. The fourth-order valence-electron chi connectivity index (χ4n) is 3.22. The van der Waals surface area contributed by atoms with Crippen LogP contribution < -0.4 is 21.5 Å². The van der Waals surface area contributed by atoms with Crippen molar-refractivity contribution in [1.29, 1.82) is 0 Å². The first-order valence-corrected chi connectivity index (χ1v) is 8.92. The molecule has 0 bridgehead atoms. The SMILES string of the molecule is Cn1cc(N2CCC(NC(=O)c3cc(F)cc(Cl)c3)CC2)c(=O)n(C)c1=O. The summed E-state index contributed by atoms with van der Waals surface area (Å²) in [5, 5.41) is 3.05. The van der Waals surface area contributed by atoms with E-state index in [2.05, 4.69) is 5.32 Å². The summed E-state index contributed by atoms with van der Waals surface area (Å²) in [5.74, 6) is -0.944. The van der Waals surface area contributed by atoms with Gasteiger partial charge >= 0.3 is 5.69 Å². The van der Waals surface area contributed by atoms with Crippen molar-refractivity contribution in [3.05, 3.63) is 61.6 Å². The molecule has 3 rings (SSSR count). The lowest BCUT2D eigenvalue weighted by Crippen LogP contribution is -2.47. The zero-order valence-electron chi connectivity index (χ0n) is 15.0. The summed E-state index contributed by atoms with van der Waals surface area (Å²) in [6.07, 6.45) is 2.79. The molecule has 0 unspecified atom stereocenters. The predicted octanol–water partition coefficient (Wildman–Crippen LogP) is 1.28. The van der Waals surface area contributed by atoms with Crippen LogP contribution in [0.3, 0.4) is 0 Å². The quantitative estimate of drug-likeness (QED) is 0.850. The van der Waals surface area contributed by atoms with E-state index >= 15 is 0 Å². The third kappa shape index (κ3) is 4.05. The highest BCUT2D eigenvalue weighted by Gasteiger charge is 2.24. The monoisotopic (exact) mass is 394 g/mol. The molecule has 2 heterocycles. The number of hydrogen-bond donors (Lipinski definition) is 1. The van der Waals surface area contributed by atoms with Gasteiger partial charge in [0.25, 0.3) is 11.5 Å². The van der Waals surface area contributed by atoms with Crippen molar-refractivity contribution < 1.29 is 9.18 Å².